The quantitative estimate of drug-likeness (QED) is 0.483. The summed E-state index contributed by atoms with van der Waals surface area (Å²) in [5.41, 5.74) is 1.68. The van der Waals surface area contributed by atoms with Crippen LogP contribution in [0.1, 0.15) is 5.56 Å². The third-order valence-corrected chi connectivity index (χ3v) is 4.04. The van der Waals surface area contributed by atoms with Gasteiger partial charge in [-0.15, -0.1) is 0 Å². The minimum absolute atomic E-state index is 0.0799. The third-order valence-electron chi connectivity index (χ3n) is 3.31. The molecule has 3 aromatic rings. The average molecular weight is 366 g/mol. The Kier molecular flexibility index (Phi) is 3.69. The molecule has 1 heterocycles. The maximum atomic E-state index is 11.1. The molecule has 3 rings (SSSR count). The number of benzene rings is 2. The van der Waals surface area contributed by atoms with E-state index in [9.17, 15) is 10.1 Å². The van der Waals surface area contributed by atoms with Crippen LogP contribution in [0.2, 0.25) is 5.02 Å². The molecule has 0 unspecified atom stereocenters. The number of halogens is 2. The van der Waals surface area contributed by atoms with Gasteiger partial charge in [0.25, 0.3) is 5.69 Å². The summed E-state index contributed by atoms with van der Waals surface area (Å²) >= 11 is 9.41. The van der Waals surface area contributed by atoms with Gasteiger partial charge in [-0.2, -0.15) is 0 Å². The number of nitrogens with zero attached hydrogens (tertiary/aromatic N) is 2. The Bertz CT molecular complexity index is 845. The van der Waals surface area contributed by atoms with Crippen molar-refractivity contribution in [3.05, 3.63) is 73.8 Å². The molecule has 0 saturated carbocycles. The zero-order valence-corrected chi connectivity index (χ0v) is 13.1. The molecule has 0 aliphatic heterocycles. The maximum Gasteiger partial charge on any atom is 0.274 e. The molecule has 0 N–H and O–H groups in total. The SMILES string of the molecule is O=[N+]([O-])c1ccc(Cl)cc1Cn1ccc2ccc(Br)cc21. The van der Waals surface area contributed by atoms with Gasteiger partial charge in [0, 0.05) is 27.3 Å². The molecule has 106 valence electrons. The molecule has 0 saturated heterocycles. The molecule has 2 aromatic carbocycles. The zero-order chi connectivity index (χ0) is 15.0. The largest absolute Gasteiger partial charge is 0.343 e. The fraction of sp³-hybridized carbons (Fsp3) is 0.0667. The summed E-state index contributed by atoms with van der Waals surface area (Å²) in [7, 11) is 0. The number of nitro groups is 1. The molecule has 6 heteroatoms. The fourth-order valence-electron chi connectivity index (χ4n) is 2.34. The number of fused-ring (bicyclic) bond motifs is 1. The van der Waals surface area contributed by atoms with Crippen LogP contribution >= 0.6 is 27.5 Å². The van der Waals surface area contributed by atoms with E-state index in [0.29, 0.717) is 17.1 Å². The minimum Gasteiger partial charge on any atom is -0.343 e. The Morgan fingerprint density at radius 1 is 1.19 bits per heavy atom. The van der Waals surface area contributed by atoms with Crippen molar-refractivity contribution < 1.29 is 4.92 Å². The molecule has 4 nitrogen and oxygen atoms in total. The molecule has 21 heavy (non-hydrogen) atoms. The monoisotopic (exact) mass is 364 g/mol. The summed E-state index contributed by atoms with van der Waals surface area (Å²) in [6.45, 7) is 0.400. The van der Waals surface area contributed by atoms with Crippen molar-refractivity contribution in [3.63, 3.8) is 0 Å². The van der Waals surface area contributed by atoms with Crippen LogP contribution in [0, 0.1) is 10.1 Å². The summed E-state index contributed by atoms with van der Waals surface area (Å²) in [5.74, 6) is 0. The van der Waals surface area contributed by atoms with Crippen molar-refractivity contribution in [2.45, 2.75) is 6.54 Å². The highest BCUT2D eigenvalue weighted by molar-refractivity contribution is 9.10. The van der Waals surface area contributed by atoms with Crippen LogP contribution in [-0.2, 0) is 6.54 Å². The van der Waals surface area contributed by atoms with E-state index in [0.717, 1.165) is 15.4 Å². The Hall–Kier alpha value is -1.85. The first-order valence-corrected chi connectivity index (χ1v) is 7.39. The number of hydrogen-bond acceptors (Lipinski definition) is 2. The van der Waals surface area contributed by atoms with E-state index in [4.69, 9.17) is 11.6 Å². The topological polar surface area (TPSA) is 48.1 Å². The van der Waals surface area contributed by atoms with Gasteiger partial charge in [0.2, 0.25) is 0 Å². The van der Waals surface area contributed by atoms with Gasteiger partial charge in [-0.3, -0.25) is 10.1 Å². The van der Waals surface area contributed by atoms with Crippen LogP contribution in [0.4, 0.5) is 5.69 Å². The first-order valence-electron chi connectivity index (χ1n) is 6.22. The van der Waals surface area contributed by atoms with Crippen molar-refractivity contribution in [2.75, 3.05) is 0 Å². The molecule has 0 bridgehead atoms. The second kappa shape index (κ2) is 5.50. The highest BCUT2D eigenvalue weighted by Gasteiger charge is 2.15. The van der Waals surface area contributed by atoms with Crippen molar-refractivity contribution in [1.29, 1.82) is 0 Å². The molecule has 0 amide bonds. The fourth-order valence-corrected chi connectivity index (χ4v) is 2.88. The van der Waals surface area contributed by atoms with E-state index < -0.39 is 0 Å². The number of hydrogen-bond donors (Lipinski definition) is 0. The Balaban J connectivity index is 2.08. The van der Waals surface area contributed by atoms with E-state index in [2.05, 4.69) is 15.9 Å². The van der Waals surface area contributed by atoms with Crippen molar-refractivity contribution in [2.24, 2.45) is 0 Å². The summed E-state index contributed by atoms with van der Waals surface area (Å²) in [6.07, 6.45) is 1.92. The summed E-state index contributed by atoms with van der Waals surface area (Å²) < 4.78 is 2.94. The lowest BCUT2D eigenvalue weighted by molar-refractivity contribution is -0.385. The van der Waals surface area contributed by atoms with Gasteiger partial charge in [-0.1, -0.05) is 33.6 Å². The van der Waals surface area contributed by atoms with Crippen LogP contribution in [0.5, 0.6) is 0 Å². The molecular formula is C15H10BrClN2O2. The van der Waals surface area contributed by atoms with Gasteiger partial charge in [0.15, 0.2) is 0 Å². The lowest BCUT2D eigenvalue weighted by atomic mass is 10.1. The van der Waals surface area contributed by atoms with Gasteiger partial charge in [0.1, 0.15) is 0 Å². The van der Waals surface area contributed by atoms with Crippen LogP contribution in [0.25, 0.3) is 10.9 Å². The Labute approximate surface area is 134 Å². The van der Waals surface area contributed by atoms with Crippen LogP contribution in [-0.4, -0.2) is 9.49 Å². The van der Waals surface area contributed by atoms with Crippen LogP contribution in [0.15, 0.2) is 53.1 Å². The van der Waals surface area contributed by atoms with Gasteiger partial charge < -0.3 is 4.57 Å². The summed E-state index contributed by atoms with van der Waals surface area (Å²) in [5, 5.41) is 12.7. The Morgan fingerprint density at radius 2 is 2.00 bits per heavy atom. The predicted molar refractivity (Wildman–Crippen MR) is 86.8 cm³/mol. The van der Waals surface area contributed by atoms with Gasteiger partial charge in [-0.05, 0) is 35.7 Å². The highest BCUT2D eigenvalue weighted by atomic mass is 79.9. The van der Waals surface area contributed by atoms with E-state index in [1.807, 2.05) is 35.0 Å². The molecular weight excluding hydrogens is 356 g/mol. The van der Waals surface area contributed by atoms with Crippen molar-refractivity contribution >= 4 is 44.1 Å². The van der Waals surface area contributed by atoms with Gasteiger partial charge in [-0.25, -0.2) is 0 Å². The van der Waals surface area contributed by atoms with E-state index >= 15 is 0 Å². The van der Waals surface area contributed by atoms with E-state index in [1.54, 1.807) is 6.07 Å². The third kappa shape index (κ3) is 2.80. The number of nitro benzene ring substituents is 1. The average Bonchev–Trinajstić information content (AvgIpc) is 2.81. The second-order valence-electron chi connectivity index (χ2n) is 4.68. The smallest absolute Gasteiger partial charge is 0.274 e. The standard InChI is InChI=1S/C15H10BrClN2O2/c16-12-2-1-10-5-6-18(15(10)8-12)9-11-7-13(17)3-4-14(11)19(20)21/h1-8H,9H2. The summed E-state index contributed by atoms with van der Waals surface area (Å²) in [6, 6.07) is 12.6. The molecule has 0 spiro atoms. The molecule has 0 radical (unpaired) electrons. The van der Waals surface area contributed by atoms with Crippen molar-refractivity contribution in [1.82, 2.24) is 4.57 Å². The van der Waals surface area contributed by atoms with Gasteiger partial charge in [0.05, 0.1) is 17.0 Å². The maximum absolute atomic E-state index is 11.1. The predicted octanol–water partition coefficient (Wildman–Crippen LogP) is 5.01. The normalized spacial score (nSPS) is 11.0. The van der Waals surface area contributed by atoms with Crippen molar-refractivity contribution in [3.8, 4) is 0 Å². The first-order chi connectivity index (χ1) is 10.0. The lowest BCUT2D eigenvalue weighted by Gasteiger charge is -2.07. The molecule has 0 atom stereocenters. The minimum atomic E-state index is -0.382. The molecule has 0 fully saturated rings. The Morgan fingerprint density at radius 3 is 2.76 bits per heavy atom. The second-order valence-corrected chi connectivity index (χ2v) is 6.03. The van der Waals surface area contributed by atoms with Crippen LogP contribution < -0.4 is 0 Å². The molecule has 1 aromatic heterocycles. The van der Waals surface area contributed by atoms with E-state index in [-0.39, 0.29) is 10.6 Å². The lowest BCUT2D eigenvalue weighted by Crippen LogP contribution is -2.02. The van der Waals surface area contributed by atoms with E-state index in [1.165, 1.54) is 12.1 Å². The highest BCUT2D eigenvalue weighted by Crippen LogP contribution is 2.26. The number of rotatable bonds is 3. The van der Waals surface area contributed by atoms with Gasteiger partial charge >= 0.3 is 0 Å². The zero-order valence-electron chi connectivity index (χ0n) is 10.8. The number of aromatic nitrogens is 1. The molecule has 0 aliphatic carbocycles. The summed E-state index contributed by atoms with van der Waals surface area (Å²) in [4.78, 5) is 10.7. The van der Waals surface area contributed by atoms with Crippen LogP contribution in [0.3, 0.4) is 0 Å². The first kappa shape index (κ1) is 14.1. The molecule has 0 aliphatic rings.